The lowest BCUT2D eigenvalue weighted by molar-refractivity contribution is -0.127. The largest absolute Gasteiger partial charge is 0.368 e. The molecule has 1 saturated heterocycles. The van der Waals surface area contributed by atoms with Gasteiger partial charge in [-0.3, -0.25) is 4.79 Å². The number of hydrogen-bond acceptors (Lipinski definition) is 5. The zero-order valence-electron chi connectivity index (χ0n) is 13.4. The number of amides is 1. The fourth-order valence-electron chi connectivity index (χ4n) is 2.84. The second-order valence-electron chi connectivity index (χ2n) is 5.93. The topological polar surface area (TPSA) is 81.9 Å². The zero-order valence-corrected chi connectivity index (χ0v) is 13.4. The minimum absolute atomic E-state index is 0.212. The van der Waals surface area contributed by atoms with Crippen LogP contribution in [0.4, 0.5) is 5.82 Å². The van der Waals surface area contributed by atoms with Crippen molar-refractivity contribution < 1.29 is 4.79 Å². The quantitative estimate of drug-likeness (QED) is 0.878. The molecular formula is C18H19N5O. The summed E-state index contributed by atoms with van der Waals surface area (Å²) in [5, 5.41) is 11.9. The second-order valence-corrected chi connectivity index (χ2v) is 5.93. The number of likely N-dealkylation sites (tertiary alicyclic amines) is 1. The Labute approximate surface area is 141 Å². The van der Waals surface area contributed by atoms with E-state index in [1.807, 2.05) is 29.2 Å². The van der Waals surface area contributed by atoms with Crippen molar-refractivity contribution in [2.45, 2.75) is 12.8 Å². The molecule has 1 aliphatic heterocycles. The predicted octanol–water partition coefficient (Wildman–Crippen LogP) is 1.85. The lowest BCUT2D eigenvalue weighted by Gasteiger charge is -2.17. The third-order valence-electron chi connectivity index (χ3n) is 4.15. The van der Waals surface area contributed by atoms with E-state index < -0.39 is 0 Å². The van der Waals surface area contributed by atoms with Gasteiger partial charge in [-0.05, 0) is 12.0 Å². The first-order valence-electron chi connectivity index (χ1n) is 8.02. The van der Waals surface area contributed by atoms with Gasteiger partial charge in [0.2, 0.25) is 5.91 Å². The van der Waals surface area contributed by atoms with E-state index in [4.69, 9.17) is 5.26 Å². The van der Waals surface area contributed by atoms with E-state index in [-0.39, 0.29) is 11.8 Å². The minimum atomic E-state index is 0.212. The summed E-state index contributed by atoms with van der Waals surface area (Å²) >= 11 is 0. The molecule has 1 aromatic carbocycles. The molecule has 1 fully saturated rings. The molecule has 6 nitrogen and oxygen atoms in total. The van der Waals surface area contributed by atoms with Crippen molar-refractivity contribution in [3.8, 4) is 6.07 Å². The van der Waals surface area contributed by atoms with Gasteiger partial charge >= 0.3 is 0 Å². The van der Waals surface area contributed by atoms with Gasteiger partial charge in [-0.2, -0.15) is 5.26 Å². The number of nitriles is 1. The highest BCUT2D eigenvalue weighted by Crippen LogP contribution is 2.18. The number of carbonyl (C=O) groups is 1. The van der Waals surface area contributed by atoms with Crippen molar-refractivity contribution >= 4 is 11.7 Å². The lowest BCUT2D eigenvalue weighted by atomic mass is 10.1. The molecule has 3 rings (SSSR count). The Morgan fingerprint density at radius 2 is 2.08 bits per heavy atom. The number of rotatable bonds is 6. The molecule has 122 valence electrons. The van der Waals surface area contributed by atoms with Gasteiger partial charge in [-0.1, -0.05) is 30.3 Å². The molecule has 1 aromatic heterocycles. The number of anilines is 1. The van der Waals surface area contributed by atoms with Gasteiger partial charge in [0.05, 0.1) is 12.4 Å². The molecule has 1 unspecified atom stereocenters. The first-order valence-corrected chi connectivity index (χ1v) is 8.02. The van der Waals surface area contributed by atoms with Crippen LogP contribution in [0.5, 0.6) is 0 Å². The molecule has 0 bridgehead atoms. The maximum Gasteiger partial charge on any atom is 0.223 e. The number of carbonyl (C=O) groups excluding carboxylic acids is 1. The summed E-state index contributed by atoms with van der Waals surface area (Å²) in [7, 11) is 0. The van der Waals surface area contributed by atoms with E-state index in [9.17, 15) is 4.79 Å². The molecule has 6 heteroatoms. The second kappa shape index (κ2) is 7.55. The molecule has 1 N–H and O–H groups in total. The highest BCUT2D eigenvalue weighted by atomic mass is 16.2. The fourth-order valence-corrected chi connectivity index (χ4v) is 2.84. The van der Waals surface area contributed by atoms with Crippen molar-refractivity contribution in [3.63, 3.8) is 0 Å². The Bertz CT molecular complexity index is 723. The average Bonchev–Trinajstić information content (AvgIpc) is 2.99. The number of benzene rings is 1. The summed E-state index contributed by atoms with van der Waals surface area (Å²) in [5.41, 5.74) is 1.54. The molecule has 1 aliphatic rings. The third kappa shape index (κ3) is 4.07. The van der Waals surface area contributed by atoms with Crippen molar-refractivity contribution in [1.29, 1.82) is 5.26 Å². The van der Waals surface area contributed by atoms with Gasteiger partial charge in [0.1, 0.15) is 11.9 Å². The number of nitrogens with zero attached hydrogens (tertiary/aromatic N) is 4. The third-order valence-corrected chi connectivity index (χ3v) is 4.15. The van der Waals surface area contributed by atoms with Crippen LogP contribution in [-0.4, -0.2) is 40.4 Å². The van der Waals surface area contributed by atoms with Crippen molar-refractivity contribution in [3.05, 3.63) is 54.0 Å². The van der Waals surface area contributed by atoms with Crippen molar-refractivity contribution in [1.82, 2.24) is 14.9 Å². The summed E-state index contributed by atoms with van der Waals surface area (Å²) in [6.45, 7) is 2.20. The zero-order chi connectivity index (χ0) is 16.8. The maximum absolute atomic E-state index is 12.1. The number of hydrogen-bond donors (Lipinski definition) is 1. The van der Waals surface area contributed by atoms with Gasteiger partial charge in [0, 0.05) is 32.0 Å². The molecular weight excluding hydrogens is 302 g/mol. The summed E-state index contributed by atoms with van der Waals surface area (Å²) < 4.78 is 0. The molecule has 0 spiro atoms. The Morgan fingerprint density at radius 1 is 1.25 bits per heavy atom. The van der Waals surface area contributed by atoms with Gasteiger partial charge in [-0.15, -0.1) is 0 Å². The lowest BCUT2D eigenvalue weighted by Crippen LogP contribution is -2.28. The maximum atomic E-state index is 12.1. The van der Waals surface area contributed by atoms with Crippen LogP contribution in [0.25, 0.3) is 0 Å². The number of nitrogens with one attached hydrogen (secondary N) is 1. The van der Waals surface area contributed by atoms with Crippen LogP contribution in [-0.2, 0) is 11.2 Å². The molecule has 2 heterocycles. The van der Waals surface area contributed by atoms with E-state index in [2.05, 4.69) is 27.4 Å². The van der Waals surface area contributed by atoms with Crippen LogP contribution in [0.15, 0.2) is 42.7 Å². The van der Waals surface area contributed by atoms with Crippen LogP contribution in [0.3, 0.4) is 0 Å². The molecule has 2 aromatic rings. The molecule has 1 amide bonds. The minimum Gasteiger partial charge on any atom is -0.368 e. The average molecular weight is 321 g/mol. The van der Waals surface area contributed by atoms with E-state index >= 15 is 0 Å². The van der Waals surface area contributed by atoms with E-state index in [0.717, 1.165) is 19.5 Å². The Kier molecular flexibility index (Phi) is 5.02. The standard InChI is InChI=1S/C18H19N5O/c19-9-16-11-22-17(12-20-16)21-10-15-8-18(24)23(13-15)7-6-14-4-2-1-3-5-14/h1-5,11-12,15H,6-8,10,13H2,(H,21,22). The first-order chi connectivity index (χ1) is 11.7. The highest BCUT2D eigenvalue weighted by Gasteiger charge is 2.28. The summed E-state index contributed by atoms with van der Waals surface area (Å²) in [6, 6.07) is 12.1. The first kappa shape index (κ1) is 15.9. The Morgan fingerprint density at radius 3 is 2.79 bits per heavy atom. The van der Waals surface area contributed by atoms with Crippen LogP contribution in [0.2, 0.25) is 0 Å². The van der Waals surface area contributed by atoms with Gasteiger partial charge < -0.3 is 10.2 Å². The van der Waals surface area contributed by atoms with Crippen molar-refractivity contribution in [2.75, 3.05) is 25.0 Å². The predicted molar refractivity (Wildman–Crippen MR) is 90.1 cm³/mol. The SMILES string of the molecule is N#Cc1cnc(NCC2CC(=O)N(CCc3ccccc3)C2)cn1. The normalized spacial score (nSPS) is 16.9. The Balaban J connectivity index is 1.46. The molecule has 24 heavy (non-hydrogen) atoms. The summed E-state index contributed by atoms with van der Waals surface area (Å²) in [4.78, 5) is 22.2. The van der Waals surface area contributed by atoms with Crippen LogP contribution in [0, 0.1) is 17.2 Å². The summed E-state index contributed by atoms with van der Waals surface area (Å²) in [6.07, 6.45) is 4.43. The van der Waals surface area contributed by atoms with E-state index in [1.54, 1.807) is 6.20 Å². The van der Waals surface area contributed by atoms with Gasteiger partial charge in [-0.25, -0.2) is 9.97 Å². The van der Waals surface area contributed by atoms with Crippen molar-refractivity contribution in [2.24, 2.45) is 5.92 Å². The monoisotopic (exact) mass is 321 g/mol. The Hall–Kier alpha value is -2.94. The smallest absolute Gasteiger partial charge is 0.223 e. The van der Waals surface area contributed by atoms with Gasteiger partial charge in [0.25, 0.3) is 0 Å². The van der Waals surface area contributed by atoms with E-state index in [1.165, 1.54) is 11.8 Å². The van der Waals surface area contributed by atoms with Crippen LogP contribution in [0.1, 0.15) is 17.7 Å². The summed E-state index contributed by atoms with van der Waals surface area (Å²) in [5.74, 6) is 1.11. The molecule has 0 radical (unpaired) electrons. The van der Waals surface area contributed by atoms with Gasteiger partial charge in [0.15, 0.2) is 5.69 Å². The number of aromatic nitrogens is 2. The van der Waals surface area contributed by atoms with Crippen LogP contribution < -0.4 is 5.32 Å². The molecule has 0 saturated carbocycles. The van der Waals surface area contributed by atoms with E-state index in [0.29, 0.717) is 24.5 Å². The van der Waals surface area contributed by atoms with Crippen LogP contribution >= 0.6 is 0 Å². The molecule has 1 atom stereocenters. The highest BCUT2D eigenvalue weighted by molar-refractivity contribution is 5.78. The fraction of sp³-hybridized carbons (Fsp3) is 0.333. The molecule has 0 aliphatic carbocycles.